The van der Waals surface area contributed by atoms with Crippen molar-refractivity contribution in [1.82, 2.24) is 25.4 Å². The molecule has 1 atom stereocenters. The minimum atomic E-state index is 0.623. The van der Waals surface area contributed by atoms with E-state index in [1.165, 1.54) is 24.9 Å². The first kappa shape index (κ1) is 19.9. The third-order valence-electron chi connectivity index (χ3n) is 5.73. The summed E-state index contributed by atoms with van der Waals surface area (Å²) in [6.45, 7) is 10.6. The molecule has 2 saturated heterocycles. The third kappa shape index (κ3) is 5.56. The molecule has 1 aromatic heterocycles. The zero-order valence-electron chi connectivity index (χ0n) is 17.1. The van der Waals surface area contributed by atoms with Crippen molar-refractivity contribution in [3.05, 3.63) is 23.9 Å². The predicted molar refractivity (Wildman–Crippen MR) is 112 cm³/mol. The summed E-state index contributed by atoms with van der Waals surface area (Å²) in [6, 6.07) is 4.90. The van der Waals surface area contributed by atoms with Gasteiger partial charge in [-0.25, -0.2) is 4.98 Å². The summed E-state index contributed by atoms with van der Waals surface area (Å²) < 4.78 is 0. The lowest BCUT2D eigenvalue weighted by molar-refractivity contribution is 0.267. The Labute approximate surface area is 163 Å². The molecule has 27 heavy (non-hydrogen) atoms. The van der Waals surface area contributed by atoms with Crippen molar-refractivity contribution >= 4 is 11.8 Å². The van der Waals surface area contributed by atoms with Crippen LogP contribution >= 0.6 is 0 Å². The van der Waals surface area contributed by atoms with Gasteiger partial charge in [0.1, 0.15) is 5.82 Å². The van der Waals surface area contributed by atoms with E-state index in [4.69, 9.17) is 0 Å². The Morgan fingerprint density at radius 3 is 2.78 bits per heavy atom. The Kier molecular flexibility index (Phi) is 7.29. The molecule has 7 nitrogen and oxygen atoms in total. The number of piperazine rings is 1. The molecule has 3 heterocycles. The maximum atomic E-state index is 4.57. The van der Waals surface area contributed by atoms with E-state index in [-0.39, 0.29) is 0 Å². The SMILES string of the molecule is CCN1CCCC1CNC(=NC)NCc1ccnc(N2CCN(C)CC2)c1. The molecule has 0 aromatic carbocycles. The van der Waals surface area contributed by atoms with Crippen LogP contribution in [-0.2, 0) is 6.54 Å². The topological polar surface area (TPSA) is 59.0 Å². The number of hydrogen-bond acceptors (Lipinski definition) is 5. The minimum absolute atomic E-state index is 0.623. The molecular weight excluding hydrogens is 338 g/mol. The summed E-state index contributed by atoms with van der Waals surface area (Å²) in [5.74, 6) is 1.95. The van der Waals surface area contributed by atoms with Crippen molar-refractivity contribution in [2.75, 3.05) is 64.8 Å². The number of pyridine rings is 1. The molecule has 0 bridgehead atoms. The summed E-state index contributed by atoms with van der Waals surface area (Å²) in [4.78, 5) is 16.2. The number of likely N-dealkylation sites (N-methyl/N-ethyl adjacent to an activating group) is 2. The van der Waals surface area contributed by atoms with E-state index < -0.39 is 0 Å². The zero-order chi connectivity index (χ0) is 19.1. The summed E-state index contributed by atoms with van der Waals surface area (Å²) in [6.07, 6.45) is 4.49. The van der Waals surface area contributed by atoms with E-state index in [0.717, 1.165) is 57.6 Å². The second-order valence-corrected chi connectivity index (χ2v) is 7.54. The summed E-state index contributed by atoms with van der Waals surface area (Å²) in [5.41, 5.74) is 1.23. The lowest BCUT2D eigenvalue weighted by Gasteiger charge is -2.33. The highest BCUT2D eigenvalue weighted by molar-refractivity contribution is 5.79. The first-order valence-electron chi connectivity index (χ1n) is 10.3. The van der Waals surface area contributed by atoms with Crippen LogP contribution in [0, 0.1) is 0 Å². The molecule has 2 fully saturated rings. The van der Waals surface area contributed by atoms with Crippen LogP contribution in [0.5, 0.6) is 0 Å². The Morgan fingerprint density at radius 2 is 2.04 bits per heavy atom. The van der Waals surface area contributed by atoms with Crippen LogP contribution in [0.4, 0.5) is 5.82 Å². The molecular formula is C20H35N7. The molecule has 0 spiro atoms. The smallest absolute Gasteiger partial charge is 0.191 e. The van der Waals surface area contributed by atoms with Crippen LogP contribution in [-0.4, -0.2) is 86.7 Å². The van der Waals surface area contributed by atoms with E-state index in [2.05, 4.69) is 61.4 Å². The largest absolute Gasteiger partial charge is 0.355 e. The first-order valence-corrected chi connectivity index (χ1v) is 10.3. The molecule has 7 heteroatoms. The predicted octanol–water partition coefficient (Wildman–Crippen LogP) is 0.983. The van der Waals surface area contributed by atoms with Crippen molar-refractivity contribution in [2.24, 2.45) is 4.99 Å². The van der Waals surface area contributed by atoms with Crippen molar-refractivity contribution < 1.29 is 0 Å². The Balaban J connectivity index is 1.49. The average Bonchev–Trinajstić information content (AvgIpc) is 3.16. The monoisotopic (exact) mass is 373 g/mol. The molecule has 0 aliphatic carbocycles. The fraction of sp³-hybridized carbons (Fsp3) is 0.700. The number of nitrogens with zero attached hydrogens (tertiary/aromatic N) is 5. The molecule has 1 unspecified atom stereocenters. The zero-order valence-corrected chi connectivity index (χ0v) is 17.1. The molecule has 0 amide bonds. The van der Waals surface area contributed by atoms with Crippen molar-refractivity contribution in [3.63, 3.8) is 0 Å². The van der Waals surface area contributed by atoms with Gasteiger partial charge in [0.2, 0.25) is 0 Å². The quantitative estimate of drug-likeness (QED) is 0.573. The van der Waals surface area contributed by atoms with Crippen LogP contribution in [0.1, 0.15) is 25.3 Å². The number of anilines is 1. The molecule has 0 saturated carbocycles. The van der Waals surface area contributed by atoms with Gasteiger partial charge in [-0.2, -0.15) is 0 Å². The summed E-state index contributed by atoms with van der Waals surface area (Å²) >= 11 is 0. The molecule has 2 N–H and O–H groups in total. The second kappa shape index (κ2) is 9.90. The number of aliphatic imine (C=N–C) groups is 1. The maximum Gasteiger partial charge on any atom is 0.191 e. The van der Waals surface area contributed by atoms with E-state index in [1.54, 1.807) is 0 Å². The van der Waals surface area contributed by atoms with Gasteiger partial charge >= 0.3 is 0 Å². The van der Waals surface area contributed by atoms with Gasteiger partial charge < -0.3 is 20.4 Å². The molecule has 150 valence electrons. The highest BCUT2D eigenvalue weighted by atomic mass is 15.3. The number of hydrogen-bond donors (Lipinski definition) is 2. The van der Waals surface area contributed by atoms with Crippen molar-refractivity contribution in [3.8, 4) is 0 Å². The minimum Gasteiger partial charge on any atom is -0.355 e. The van der Waals surface area contributed by atoms with Crippen LogP contribution in [0.25, 0.3) is 0 Å². The third-order valence-corrected chi connectivity index (χ3v) is 5.73. The van der Waals surface area contributed by atoms with Crippen LogP contribution < -0.4 is 15.5 Å². The number of aromatic nitrogens is 1. The van der Waals surface area contributed by atoms with Crippen molar-refractivity contribution in [2.45, 2.75) is 32.4 Å². The molecule has 1 aromatic rings. The number of guanidine groups is 1. The van der Waals surface area contributed by atoms with Gasteiger partial charge in [0.05, 0.1) is 0 Å². The first-order chi connectivity index (χ1) is 13.2. The van der Waals surface area contributed by atoms with E-state index in [9.17, 15) is 0 Å². The fourth-order valence-electron chi connectivity index (χ4n) is 3.94. The fourth-order valence-corrected chi connectivity index (χ4v) is 3.94. The van der Waals surface area contributed by atoms with Crippen LogP contribution in [0.2, 0.25) is 0 Å². The van der Waals surface area contributed by atoms with E-state index in [0.29, 0.717) is 6.04 Å². The van der Waals surface area contributed by atoms with Gasteiger partial charge in [-0.05, 0) is 50.7 Å². The highest BCUT2D eigenvalue weighted by Gasteiger charge is 2.22. The Morgan fingerprint density at radius 1 is 1.22 bits per heavy atom. The maximum absolute atomic E-state index is 4.57. The molecule has 3 rings (SSSR count). The van der Waals surface area contributed by atoms with Gasteiger partial charge in [0.25, 0.3) is 0 Å². The Bertz CT molecular complexity index is 610. The summed E-state index contributed by atoms with van der Waals surface area (Å²) in [5, 5.41) is 6.94. The van der Waals surface area contributed by atoms with Crippen LogP contribution in [0.15, 0.2) is 23.3 Å². The standard InChI is InChI=1S/C20H35N7/c1-4-26-9-5-6-18(26)16-24-20(21-2)23-15-17-7-8-22-19(14-17)27-12-10-25(3)11-13-27/h7-8,14,18H,4-6,9-13,15-16H2,1-3H3,(H2,21,23,24). The lowest BCUT2D eigenvalue weighted by Crippen LogP contribution is -2.45. The molecule has 2 aliphatic rings. The van der Waals surface area contributed by atoms with Gasteiger partial charge in [-0.3, -0.25) is 9.89 Å². The van der Waals surface area contributed by atoms with E-state index >= 15 is 0 Å². The normalized spacial score (nSPS) is 22.3. The molecule has 2 aliphatic heterocycles. The summed E-state index contributed by atoms with van der Waals surface area (Å²) in [7, 11) is 4.01. The lowest BCUT2D eigenvalue weighted by atomic mass is 10.2. The highest BCUT2D eigenvalue weighted by Crippen LogP contribution is 2.16. The van der Waals surface area contributed by atoms with E-state index in [1.807, 2.05) is 13.2 Å². The molecule has 0 radical (unpaired) electrons. The second-order valence-electron chi connectivity index (χ2n) is 7.54. The number of rotatable bonds is 6. The van der Waals surface area contributed by atoms with Crippen LogP contribution in [0.3, 0.4) is 0 Å². The van der Waals surface area contributed by atoms with Gasteiger partial charge in [0, 0.05) is 58.6 Å². The van der Waals surface area contributed by atoms with Crippen molar-refractivity contribution in [1.29, 1.82) is 0 Å². The number of likely N-dealkylation sites (tertiary alicyclic amines) is 1. The van der Waals surface area contributed by atoms with Gasteiger partial charge in [-0.1, -0.05) is 6.92 Å². The number of nitrogens with one attached hydrogen (secondary N) is 2. The Hall–Kier alpha value is -1.86. The average molecular weight is 374 g/mol. The van der Waals surface area contributed by atoms with Gasteiger partial charge in [-0.15, -0.1) is 0 Å². The van der Waals surface area contributed by atoms with Gasteiger partial charge in [0.15, 0.2) is 5.96 Å².